The van der Waals surface area contributed by atoms with Gasteiger partial charge in [-0.3, -0.25) is 0 Å². The van der Waals surface area contributed by atoms with Crippen LogP contribution in [0.4, 0.5) is 0 Å². The van der Waals surface area contributed by atoms with Gasteiger partial charge in [0.1, 0.15) is 18.0 Å². The molecule has 1 fully saturated rings. The lowest BCUT2D eigenvalue weighted by atomic mass is 10.1. The van der Waals surface area contributed by atoms with Crippen LogP contribution < -0.4 is 4.74 Å². The van der Waals surface area contributed by atoms with Gasteiger partial charge < -0.3 is 19.5 Å². The molecule has 0 unspecified atom stereocenters. The van der Waals surface area contributed by atoms with E-state index in [0.717, 1.165) is 17.9 Å². The molecule has 18 heavy (non-hydrogen) atoms. The number of rotatable bonds is 3. The molecule has 0 radical (unpaired) electrons. The molecular weight excluding hydrogens is 230 g/mol. The first-order chi connectivity index (χ1) is 8.59. The molecule has 1 aliphatic heterocycles. The molecule has 1 saturated heterocycles. The molecule has 0 spiro atoms. The van der Waals surface area contributed by atoms with E-state index < -0.39 is 5.60 Å². The molecule has 4 heteroatoms. The molecule has 1 heterocycles. The van der Waals surface area contributed by atoms with E-state index >= 15 is 0 Å². The fourth-order valence-corrected chi connectivity index (χ4v) is 2.13. The average molecular weight is 251 g/mol. The van der Waals surface area contributed by atoms with Gasteiger partial charge in [0.15, 0.2) is 0 Å². The minimum Gasteiger partial charge on any atom is -0.490 e. The zero-order valence-corrected chi connectivity index (χ0v) is 11.1. The molecular formula is C14H21NO3. The van der Waals surface area contributed by atoms with E-state index in [1.807, 2.05) is 38.2 Å². The van der Waals surface area contributed by atoms with E-state index in [-0.39, 0.29) is 6.61 Å². The van der Waals surface area contributed by atoms with Crippen LogP contribution in [0.1, 0.15) is 5.56 Å². The second-order valence-electron chi connectivity index (χ2n) is 5.07. The van der Waals surface area contributed by atoms with Crippen molar-refractivity contribution in [3.05, 3.63) is 29.8 Å². The van der Waals surface area contributed by atoms with Crippen molar-refractivity contribution in [1.29, 1.82) is 0 Å². The Morgan fingerprint density at radius 3 is 3.00 bits per heavy atom. The maximum Gasteiger partial charge on any atom is 0.134 e. The quantitative estimate of drug-likeness (QED) is 0.872. The van der Waals surface area contributed by atoms with Crippen molar-refractivity contribution in [3.8, 4) is 5.75 Å². The van der Waals surface area contributed by atoms with Gasteiger partial charge in [0, 0.05) is 13.1 Å². The normalized spacial score (nSPS) is 25.7. The van der Waals surface area contributed by atoms with Crippen molar-refractivity contribution in [2.75, 3.05) is 40.0 Å². The Morgan fingerprint density at radius 1 is 1.44 bits per heavy atom. The summed E-state index contributed by atoms with van der Waals surface area (Å²) in [6, 6.07) is 7.82. The third kappa shape index (κ3) is 3.45. The van der Waals surface area contributed by atoms with Gasteiger partial charge in [0.05, 0.1) is 13.2 Å². The topological polar surface area (TPSA) is 41.9 Å². The number of benzene rings is 1. The molecule has 0 amide bonds. The van der Waals surface area contributed by atoms with Crippen LogP contribution in [-0.4, -0.2) is 55.6 Å². The molecule has 0 aromatic heterocycles. The van der Waals surface area contributed by atoms with Gasteiger partial charge in [-0.15, -0.1) is 0 Å². The van der Waals surface area contributed by atoms with Gasteiger partial charge in [-0.25, -0.2) is 0 Å². The molecule has 1 aromatic rings. The summed E-state index contributed by atoms with van der Waals surface area (Å²) in [4.78, 5) is 2.06. The highest BCUT2D eigenvalue weighted by Gasteiger charge is 2.32. The Hall–Kier alpha value is -1.10. The zero-order chi connectivity index (χ0) is 13.0. The van der Waals surface area contributed by atoms with Crippen LogP contribution in [0.25, 0.3) is 0 Å². The number of para-hydroxylation sites is 1. The summed E-state index contributed by atoms with van der Waals surface area (Å²) in [7, 11) is 1.98. The predicted octanol–water partition coefficient (Wildman–Crippen LogP) is 1.07. The zero-order valence-electron chi connectivity index (χ0n) is 11.1. The highest BCUT2D eigenvalue weighted by atomic mass is 16.5. The first kappa shape index (κ1) is 13.3. The minimum atomic E-state index is -0.937. The number of ether oxygens (including phenoxy) is 2. The van der Waals surface area contributed by atoms with E-state index in [0.29, 0.717) is 19.8 Å². The highest BCUT2D eigenvalue weighted by Crippen LogP contribution is 2.19. The standard InChI is InChI=1S/C14H21NO3/c1-12-5-3-4-6-13(12)18-11-14(16)9-15(2)7-8-17-10-14/h3-6,16H,7-11H2,1-2H3/t14-/m1/s1. The van der Waals surface area contributed by atoms with Crippen LogP contribution >= 0.6 is 0 Å². The van der Waals surface area contributed by atoms with Crippen molar-refractivity contribution >= 4 is 0 Å². The van der Waals surface area contributed by atoms with Gasteiger partial charge in [-0.2, -0.15) is 0 Å². The van der Waals surface area contributed by atoms with Crippen LogP contribution in [0.3, 0.4) is 0 Å². The van der Waals surface area contributed by atoms with E-state index in [2.05, 4.69) is 4.90 Å². The van der Waals surface area contributed by atoms with E-state index in [9.17, 15) is 5.11 Å². The maximum atomic E-state index is 10.5. The fourth-order valence-electron chi connectivity index (χ4n) is 2.13. The Kier molecular flexibility index (Phi) is 4.22. The number of aliphatic hydroxyl groups is 1. The predicted molar refractivity (Wildman–Crippen MR) is 69.9 cm³/mol. The molecule has 1 aliphatic rings. The first-order valence-corrected chi connectivity index (χ1v) is 6.26. The molecule has 100 valence electrons. The summed E-state index contributed by atoms with van der Waals surface area (Å²) in [5.74, 6) is 0.817. The van der Waals surface area contributed by atoms with Crippen molar-refractivity contribution in [2.45, 2.75) is 12.5 Å². The largest absolute Gasteiger partial charge is 0.490 e. The highest BCUT2D eigenvalue weighted by molar-refractivity contribution is 5.31. The van der Waals surface area contributed by atoms with E-state index in [1.54, 1.807) is 0 Å². The van der Waals surface area contributed by atoms with Crippen molar-refractivity contribution in [2.24, 2.45) is 0 Å². The number of hydrogen-bond acceptors (Lipinski definition) is 4. The Bertz CT molecular complexity index is 396. The second kappa shape index (κ2) is 5.69. The van der Waals surface area contributed by atoms with Crippen molar-refractivity contribution in [3.63, 3.8) is 0 Å². The second-order valence-corrected chi connectivity index (χ2v) is 5.07. The number of β-amino-alcohol motifs (C(OH)–C–C–N with tert-alkyl or cyclic N) is 1. The number of nitrogens with zero attached hydrogens (tertiary/aromatic N) is 1. The number of likely N-dealkylation sites (N-methyl/N-ethyl adjacent to an activating group) is 1. The lowest BCUT2D eigenvalue weighted by Crippen LogP contribution is -2.47. The molecule has 1 aromatic carbocycles. The molecule has 1 atom stereocenters. The van der Waals surface area contributed by atoms with Crippen molar-refractivity contribution in [1.82, 2.24) is 4.90 Å². The van der Waals surface area contributed by atoms with Crippen LogP contribution in [0.2, 0.25) is 0 Å². The minimum absolute atomic E-state index is 0.252. The SMILES string of the molecule is Cc1ccccc1OC[C@]1(O)COCCN(C)C1. The summed E-state index contributed by atoms with van der Waals surface area (Å²) in [5.41, 5.74) is 0.136. The maximum absolute atomic E-state index is 10.5. The van der Waals surface area contributed by atoms with Gasteiger partial charge in [0.25, 0.3) is 0 Å². The Labute approximate surface area is 108 Å². The van der Waals surface area contributed by atoms with E-state index in [1.165, 1.54) is 0 Å². The Morgan fingerprint density at radius 2 is 2.22 bits per heavy atom. The molecule has 1 N–H and O–H groups in total. The Balaban J connectivity index is 1.97. The summed E-state index contributed by atoms with van der Waals surface area (Å²) in [5, 5.41) is 10.5. The number of hydrogen-bond donors (Lipinski definition) is 1. The van der Waals surface area contributed by atoms with Gasteiger partial charge in [-0.05, 0) is 25.6 Å². The number of aryl methyl sites for hydroxylation is 1. The van der Waals surface area contributed by atoms with Crippen LogP contribution in [0.5, 0.6) is 5.75 Å². The van der Waals surface area contributed by atoms with Crippen LogP contribution in [-0.2, 0) is 4.74 Å². The molecule has 0 aliphatic carbocycles. The lowest BCUT2D eigenvalue weighted by Gasteiger charge is -2.28. The van der Waals surface area contributed by atoms with Crippen LogP contribution in [0.15, 0.2) is 24.3 Å². The monoisotopic (exact) mass is 251 g/mol. The summed E-state index contributed by atoms with van der Waals surface area (Å²) >= 11 is 0. The summed E-state index contributed by atoms with van der Waals surface area (Å²) in [6.45, 7) is 4.63. The van der Waals surface area contributed by atoms with E-state index in [4.69, 9.17) is 9.47 Å². The van der Waals surface area contributed by atoms with Crippen molar-refractivity contribution < 1.29 is 14.6 Å². The molecule has 0 bridgehead atoms. The average Bonchev–Trinajstić information content (AvgIpc) is 2.50. The van der Waals surface area contributed by atoms with Gasteiger partial charge in [-0.1, -0.05) is 18.2 Å². The summed E-state index contributed by atoms with van der Waals surface area (Å²) < 4.78 is 11.2. The molecule has 2 rings (SSSR count). The smallest absolute Gasteiger partial charge is 0.134 e. The first-order valence-electron chi connectivity index (χ1n) is 6.26. The van der Waals surface area contributed by atoms with Gasteiger partial charge >= 0.3 is 0 Å². The molecule has 4 nitrogen and oxygen atoms in total. The summed E-state index contributed by atoms with van der Waals surface area (Å²) in [6.07, 6.45) is 0. The fraction of sp³-hybridized carbons (Fsp3) is 0.571. The van der Waals surface area contributed by atoms with Gasteiger partial charge in [0.2, 0.25) is 0 Å². The lowest BCUT2D eigenvalue weighted by molar-refractivity contribution is -0.0625. The third-order valence-electron chi connectivity index (χ3n) is 3.14. The third-order valence-corrected chi connectivity index (χ3v) is 3.14. The van der Waals surface area contributed by atoms with Crippen LogP contribution in [0, 0.1) is 6.92 Å². The molecule has 0 saturated carbocycles.